The number of hydrogen-bond donors (Lipinski definition) is 1. The molecule has 2 aromatic rings. The van der Waals surface area contributed by atoms with Crippen LogP contribution >= 0.6 is 23.1 Å². The summed E-state index contributed by atoms with van der Waals surface area (Å²) in [5.74, 6) is 0.594. The Balaban J connectivity index is 1.46. The molecule has 1 fully saturated rings. The van der Waals surface area contributed by atoms with Crippen LogP contribution in [0.2, 0.25) is 0 Å². The van der Waals surface area contributed by atoms with Crippen molar-refractivity contribution >= 4 is 34.8 Å². The molecular weight excluding hydrogens is 382 g/mol. The van der Waals surface area contributed by atoms with Crippen molar-refractivity contribution in [3.63, 3.8) is 0 Å². The van der Waals surface area contributed by atoms with Crippen LogP contribution in [0.4, 0.5) is 5.69 Å². The Kier molecular flexibility index (Phi) is 7.12. The Bertz CT molecular complexity index is 749. The number of rotatable bonds is 8. The first kappa shape index (κ1) is 20.1. The zero-order valence-electron chi connectivity index (χ0n) is 15.8. The number of thiazole rings is 1. The van der Waals surface area contributed by atoms with Gasteiger partial charge in [0, 0.05) is 37.5 Å². The highest BCUT2D eigenvalue weighted by atomic mass is 32.2. The van der Waals surface area contributed by atoms with Crippen LogP contribution in [0.1, 0.15) is 24.4 Å². The van der Waals surface area contributed by atoms with Crippen molar-refractivity contribution in [1.29, 1.82) is 0 Å². The molecular formula is C19H25N3O3S2. The summed E-state index contributed by atoms with van der Waals surface area (Å²) in [6, 6.07) is 8.40. The van der Waals surface area contributed by atoms with E-state index in [2.05, 4.69) is 39.5 Å². The monoisotopic (exact) mass is 407 g/mol. The summed E-state index contributed by atoms with van der Waals surface area (Å²) in [6.07, 6.45) is 0.297. The molecule has 1 aliphatic rings. The van der Waals surface area contributed by atoms with Gasteiger partial charge < -0.3 is 14.4 Å². The number of hydrogen-bond acceptors (Lipinski definition) is 8. The lowest BCUT2D eigenvalue weighted by atomic mass is 10.2. The first-order chi connectivity index (χ1) is 13.0. The zero-order valence-corrected chi connectivity index (χ0v) is 17.4. The number of carbonyl (C=O) groups is 1. The van der Waals surface area contributed by atoms with Gasteiger partial charge in [-0.3, -0.25) is 10.1 Å². The van der Waals surface area contributed by atoms with Crippen LogP contribution in [0.25, 0.3) is 0 Å². The fraction of sp³-hybridized carbons (Fsp3) is 0.474. The number of nitrogens with one attached hydrogen (secondary N) is 1. The molecule has 6 nitrogen and oxygen atoms in total. The van der Waals surface area contributed by atoms with Crippen molar-refractivity contribution in [3.8, 4) is 0 Å². The minimum Gasteiger partial charge on any atom is -0.466 e. The maximum absolute atomic E-state index is 11.5. The van der Waals surface area contributed by atoms with E-state index >= 15 is 0 Å². The van der Waals surface area contributed by atoms with E-state index in [-0.39, 0.29) is 24.7 Å². The molecule has 0 radical (unpaired) electrons. The Hall–Kier alpha value is -1.61. The third-order valence-electron chi connectivity index (χ3n) is 4.13. The van der Waals surface area contributed by atoms with Gasteiger partial charge in [0.05, 0.1) is 24.8 Å². The van der Waals surface area contributed by atoms with Gasteiger partial charge in [0.1, 0.15) is 10.6 Å². The maximum atomic E-state index is 11.5. The highest BCUT2D eigenvalue weighted by Gasteiger charge is 2.26. The van der Waals surface area contributed by atoms with Crippen molar-refractivity contribution < 1.29 is 14.3 Å². The molecule has 1 saturated heterocycles. The van der Waals surface area contributed by atoms with Crippen LogP contribution in [0, 0.1) is 0 Å². The normalized spacial score (nSPS) is 19.2. The second kappa shape index (κ2) is 9.54. The van der Waals surface area contributed by atoms with E-state index in [1.165, 1.54) is 5.69 Å². The van der Waals surface area contributed by atoms with E-state index < -0.39 is 0 Å². The molecule has 8 heteroatoms. The number of benzene rings is 1. The third-order valence-corrected chi connectivity index (χ3v) is 6.33. The van der Waals surface area contributed by atoms with Crippen molar-refractivity contribution in [2.24, 2.45) is 0 Å². The number of nitrogens with zero attached hydrogens (tertiary/aromatic N) is 2. The molecule has 0 bridgehead atoms. The standard InChI is InChI=1S/C19H25N3O3S2/c1-4-24-17(23)9-14-11-26-19(21-14)27-12-16-10-20-18(25-16)13-5-7-15(8-6-13)22(2)3/h5-8,11,16,18,20H,4,9-10,12H2,1-3H3/t16-,18-/m0/s1. The van der Waals surface area contributed by atoms with Gasteiger partial charge in [-0.05, 0) is 24.6 Å². The number of carbonyl (C=O) groups excluding carboxylic acids is 1. The van der Waals surface area contributed by atoms with Gasteiger partial charge in [0.15, 0.2) is 0 Å². The quantitative estimate of drug-likeness (QED) is 0.533. The minimum absolute atomic E-state index is 0.0671. The number of aromatic nitrogens is 1. The predicted octanol–water partition coefficient (Wildman–Crippen LogP) is 3.09. The van der Waals surface area contributed by atoms with Gasteiger partial charge >= 0.3 is 5.97 Å². The fourth-order valence-corrected chi connectivity index (χ4v) is 4.60. The molecule has 1 aliphatic heterocycles. The van der Waals surface area contributed by atoms with E-state index in [0.29, 0.717) is 6.61 Å². The number of esters is 1. The lowest BCUT2D eigenvalue weighted by Crippen LogP contribution is -2.16. The SMILES string of the molecule is CCOC(=O)Cc1csc(SC[C@@H]2CN[C@H](c3ccc(N(C)C)cc3)O2)n1. The Labute approximate surface area is 168 Å². The molecule has 3 rings (SSSR count). The first-order valence-corrected chi connectivity index (χ1v) is 10.8. The highest BCUT2D eigenvalue weighted by molar-refractivity contribution is 8.01. The first-order valence-electron chi connectivity index (χ1n) is 8.94. The van der Waals surface area contributed by atoms with Gasteiger partial charge in [-0.2, -0.15) is 0 Å². The second-order valence-electron chi connectivity index (χ2n) is 6.43. The minimum atomic E-state index is -0.231. The van der Waals surface area contributed by atoms with Crippen molar-refractivity contribution in [2.75, 3.05) is 37.9 Å². The van der Waals surface area contributed by atoms with Crippen LogP contribution in [-0.4, -0.2) is 50.1 Å². The van der Waals surface area contributed by atoms with Crippen LogP contribution in [-0.2, 0) is 20.7 Å². The summed E-state index contributed by atoms with van der Waals surface area (Å²) < 4.78 is 12.0. The smallest absolute Gasteiger partial charge is 0.311 e. The summed E-state index contributed by atoms with van der Waals surface area (Å²) in [5, 5.41) is 5.34. The second-order valence-corrected chi connectivity index (χ2v) is 8.56. The number of ether oxygens (including phenoxy) is 2. The van der Waals surface area contributed by atoms with E-state index in [1.54, 1.807) is 30.0 Å². The largest absolute Gasteiger partial charge is 0.466 e. The lowest BCUT2D eigenvalue weighted by Gasteiger charge is -2.16. The van der Waals surface area contributed by atoms with Crippen LogP contribution in [0.15, 0.2) is 34.0 Å². The Morgan fingerprint density at radius 1 is 1.41 bits per heavy atom. The summed E-state index contributed by atoms with van der Waals surface area (Å²) in [7, 11) is 4.06. The molecule has 27 heavy (non-hydrogen) atoms. The van der Waals surface area contributed by atoms with Crippen LogP contribution < -0.4 is 10.2 Å². The Morgan fingerprint density at radius 2 is 2.19 bits per heavy atom. The van der Waals surface area contributed by atoms with E-state index in [4.69, 9.17) is 9.47 Å². The van der Waals surface area contributed by atoms with E-state index in [9.17, 15) is 4.79 Å². The summed E-state index contributed by atoms with van der Waals surface area (Å²) >= 11 is 3.22. The molecule has 1 aromatic carbocycles. The fourth-order valence-electron chi connectivity index (χ4n) is 2.73. The van der Waals surface area contributed by atoms with Gasteiger partial charge in [-0.1, -0.05) is 23.9 Å². The van der Waals surface area contributed by atoms with Gasteiger partial charge in [0.2, 0.25) is 0 Å². The molecule has 1 N–H and O–H groups in total. The topological polar surface area (TPSA) is 63.7 Å². The molecule has 0 amide bonds. The average Bonchev–Trinajstić information content (AvgIpc) is 3.29. The van der Waals surface area contributed by atoms with Crippen molar-refractivity contribution in [3.05, 3.63) is 40.9 Å². The summed E-state index contributed by atoms with van der Waals surface area (Å²) in [5.41, 5.74) is 3.08. The summed E-state index contributed by atoms with van der Waals surface area (Å²) in [6.45, 7) is 3.02. The molecule has 0 saturated carbocycles. The zero-order chi connectivity index (χ0) is 19.2. The molecule has 0 unspecified atom stereocenters. The van der Waals surface area contributed by atoms with Gasteiger partial charge in [-0.25, -0.2) is 4.98 Å². The predicted molar refractivity (Wildman–Crippen MR) is 110 cm³/mol. The van der Waals surface area contributed by atoms with Gasteiger partial charge in [-0.15, -0.1) is 11.3 Å². The number of anilines is 1. The van der Waals surface area contributed by atoms with Crippen LogP contribution in [0.3, 0.4) is 0 Å². The molecule has 0 aliphatic carbocycles. The van der Waals surface area contributed by atoms with E-state index in [0.717, 1.165) is 27.9 Å². The molecule has 2 atom stereocenters. The molecule has 1 aromatic heterocycles. The van der Waals surface area contributed by atoms with Gasteiger partial charge in [0.25, 0.3) is 0 Å². The highest BCUT2D eigenvalue weighted by Crippen LogP contribution is 2.29. The van der Waals surface area contributed by atoms with Crippen molar-refractivity contribution in [1.82, 2.24) is 10.3 Å². The average molecular weight is 408 g/mol. The maximum Gasteiger partial charge on any atom is 0.311 e. The number of thioether (sulfide) groups is 1. The van der Waals surface area contributed by atoms with Crippen LogP contribution in [0.5, 0.6) is 0 Å². The molecule has 2 heterocycles. The Morgan fingerprint density at radius 3 is 2.89 bits per heavy atom. The lowest BCUT2D eigenvalue weighted by molar-refractivity contribution is -0.142. The van der Waals surface area contributed by atoms with E-state index in [1.807, 2.05) is 19.5 Å². The third kappa shape index (κ3) is 5.68. The summed E-state index contributed by atoms with van der Waals surface area (Å²) in [4.78, 5) is 18.1. The van der Waals surface area contributed by atoms with Crippen molar-refractivity contribution in [2.45, 2.75) is 30.0 Å². The molecule has 146 valence electrons. The molecule has 0 spiro atoms.